The maximum absolute atomic E-state index is 5.46. The molecule has 39 heavy (non-hydrogen) atoms. The van der Waals surface area contributed by atoms with Crippen molar-refractivity contribution in [2.45, 2.75) is 62.8 Å². The summed E-state index contributed by atoms with van der Waals surface area (Å²) < 4.78 is 7.92. The number of ether oxygens (including phenoxy) is 1. The highest BCUT2D eigenvalue weighted by atomic mass is 32.2. The second kappa shape index (κ2) is 11.7. The first-order chi connectivity index (χ1) is 19.2. The van der Waals surface area contributed by atoms with Gasteiger partial charge in [0.05, 0.1) is 12.8 Å². The minimum Gasteiger partial charge on any atom is -0.497 e. The third-order valence-electron chi connectivity index (χ3n) is 7.93. The number of aromatic nitrogens is 1. The molecule has 0 radical (unpaired) electrons. The molecule has 0 unspecified atom stereocenters. The van der Waals surface area contributed by atoms with Crippen LogP contribution in [0.15, 0.2) is 100 Å². The van der Waals surface area contributed by atoms with Crippen LogP contribution in [0, 0.1) is 6.92 Å². The Morgan fingerprint density at radius 2 is 1.62 bits per heavy atom. The molecule has 198 valence electrons. The first-order valence-corrected chi connectivity index (χ1v) is 15.0. The van der Waals surface area contributed by atoms with E-state index in [1.54, 1.807) is 7.11 Å². The van der Waals surface area contributed by atoms with Crippen molar-refractivity contribution in [2.24, 2.45) is 4.99 Å². The van der Waals surface area contributed by atoms with E-state index >= 15 is 0 Å². The third kappa shape index (κ3) is 5.62. The van der Waals surface area contributed by atoms with E-state index in [2.05, 4.69) is 103 Å². The lowest BCUT2D eigenvalue weighted by Crippen LogP contribution is -2.12. The normalized spacial score (nSPS) is 16.1. The van der Waals surface area contributed by atoms with Crippen molar-refractivity contribution < 1.29 is 4.74 Å². The van der Waals surface area contributed by atoms with Gasteiger partial charge in [0, 0.05) is 39.0 Å². The van der Waals surface area contributed by atoms with Crippen LogP contribution >= 0.6 is 11.8 Å². The van der Waals surface area contributed by atoms with Gasteiger partial charge in [0.1, 0.15) is 5.75 Å². The van der Waals surface area contributed by atoms with E-state index in [1.165, 1.54) is 75.6 Å². The number of allylic oxidation sites excluding steroid dienone is 1. The molecule has 0 bridgehead atoms. The average Bonchev–Trinajstić information content (AvgIpc) is 3.39. The molecule has 0 atom stereocenters. The summed E-state index contributed by atoms with van der Waals surface area (Å²) in [4.78, 5) is 7.74. The summed E-state index contributed by atoms with van der Waals surface area (Å²) in [6.45, 7) is 2.15. The van der Waals surface area contributed by atoms with Crippen molar-refractivity contribution in [3.05, 3.63) is 107 Å². The summed E-state index contributed by atoms with van der Waals surface area (Å²) in [7, 11) is 1.72. The monoisotopic (exact) mass is 532 g/mol. The number of methoxy groups -OCH3 is 1. The van der Waals surface area contributed by atoms with Gasteiger partial charge < -0.3 is 9.30 Å². The Kier molecular flexibility index (Phi) is 7.74. The molecule has 3 aromatic carbocycles. The second-order valence-electron chi connectivity index (χ2n) is 10.6. The van der Waals surface area contributed by atoms with E-state index in [9.17, 15) is 0 Å². The molecule has 0 saturated heterocycles. The molecule has 0 N–H and O–H groups in total. The van der Waals surface area contributed by atoms with Gasteiger partial charge in [-0.2, -0.15) is 0 Å². The lowest BCUT2D eigenvalue weighted by molar-refractivity contribution is 0.414. The predicted octanol–water partition coefficient (Wildman–Crippen LogP) is 9.31. The summed E-state index contributed by atoms with van der Waals surface area (Å²) in [6, 6.07) is 31.0. The van der Waals surface area contributed by atoms with Crippen LogP contribution in [0.3, 0.4) is 0 Å². The molecule has 2 aliphatic carbocycles. The fourth-order valence-electron chi connectivity index (χ4n) is 5.77. The van der Waals surface area contributed by atoms with Crippen LogP contribution in [0.4, 0.5) is 0 Å². The number of aryl methyl sites for hydroxylation is 1. The Labute approximate surface area is 236 Å². The zero-order valence-corrected chi connectivity index (χ0v) is 23.7. The Hall–Kier alpha value is -3.50. The van der Waals surface area contributed by atoms with Gasteiger partial charge in [-0.15, -0.1) is 0 Å². The van der Waals surface area contributed by atoms with E-state index in [4.69, 9.17) is 9.73 Å². The first-order valence-electron chi connectivity index (χ1n) is 14.2. The molecule has 0 amide bonds. The van der Waals surface area contributed by atoms with Gasteiger partial charge in [0.15, 0.2) is 0 Å². The van der Waals surface area contributed by atoms with Crippen LogP contribution in [-0.2, 0) is 6.42 Å². The zero-order valence-electron chi connectivity index (χ0n) is 22.9. The van der Waals surface area contributed by atoms with Crippen molar-refractivity contribution >= 4 is 22.9 Å². The Morgan fingerprint density at radius 3 is 2.33 bits per heavy atom. The van der Waals surface area contributed by atoms with Crippen molar-refractivity contribution in [2.75, 3.05) is 7.11 Å². The highest BCUT2D eigenvalue weighted by Gasteiger charge is 2.26. The average molecular weight is 533 g/mol. The fourth-order valence-corrected chi connectivity index (χ4v) is 6.85. The summed E-state index contributed by atoms with van der Waals surface area (Å²) in [5.41, 5.74) is 8.95. The summed E-state index contributed by atoms with van der Waals surface area (Å²) >= 11 is 1.88. The Bertz CT molecular complexity index is 1470. The first kappa shape index (κ1) is 25.8. The fraction of sp³-hybridized carbons (Fsp3) is 0.286. The number of nitrogens with zero attached hydrogens (tertiary/aromatic N) is 2. The minimum absolute atomic E-state index is 0.474. The van der Waals surface area contributed by atoms with Crippen molar-refractivity contribution in [1.29, 1.82) is 0 Å². The molecule has 0 spiro atoms. The van der Waals surface area contributed by atoms with E-state index in [-0.39, 0.29) is 0 Å². The molecular formula is C35H36N2OS. The number of thioether (sulfide) groups is 1. The second-order valence-corrected chi connectivity index (χ2v) is 11.7. The van der Waals surface area contributed by atoms with E-state index in [0.29, 0.717) is 6.04 Å². The van der Waals surface area contributed by atoms with E-state index in [1.807, 2.05) is 11.8 Å². The Balaban J connectivity index is 1.50. The molecule has 0 aliphatic heterocycles. The van der Waals surface area contributed by atoms with Gasteiger partial charge in [-0.25, -0.2) is 0 Å². The maximum atomic E-state index is 5.46. The quantitative estimate of drug-likeness (QED) is 0.222. The Morgan fingerprint density at radius 1 is 0.872 bits per heavy atom. The summed E-state index contributed by atoms with van der Waals surface area (Å²) in [5, 5.41) is 0. The largest absolute Gasteiger partial charge is 0.497 e. The molecular weight excluding hydrogens is 496 g/mol. The van der Waals surface area contributed by atoms with E-state index < -0.39 is 0 Å². The highest BCUT2D eigenvalue weighted by molar-refractivity contribution is 8.08. The molecule has 1 heterocycles. The van der Waals surface area contributed by atoms with Crippen LogP contribution in [0.1, 0.15) is 55.3 Å². The lowest BCUT2D eigenvalue weighted by atomic mass is 9.95. The maximum Gasteiger partial charge on any atom is 0.119 e. The zero-order chi connectivity index (χ0) is 26.6. The molecule has 1 aromatic heterocycles. The third-order valence-corrected chi connectivity index (χ3v) is 9.12. The SMILES string of the molecule is COc1ccc(-n2c(-c3ccccc3)cc3c2CCC(C=NC2CCCCC2)=C3Sc2ccc(C)cc2)cc1. The standard InChI is InChI=1S/C35H36N2OS/c1-25-13-20-31(21-14-25)39-35-27(24-36-28-11-7-4-8-12-28)15-22-33-32(35)23-34(26-9-5-3-6-10-26)37(33)29-16-18-30(38-2)19-17-29/h3,5-6,9-10,13-14,16-21,23-24,28H,4,7-8,11-12,15,22H2,1-2H3. The molecule has 6 rings (SSSR count). The molecule has 1 saturated carbocycles. The van der Waals surface area contributed by atoms with Gasteiger partial charge in [0.2, 0.25) is 0 Å². The molecule has 4 aromatic rings. The van der Waals surface area contributed by atoms with Crippen LogP contribution in [0.5, 0.6) is 5.75 Å². The van der Waals surface area contributed by atoms with Crippen LogP contribution in [0.25, 0.3) is 21.8 Å². The number of rotatable bonds is 7. The summed E-state index contributed by atoms with van der Waals surface area (Å²) in [6.07, 6.45) is 10.6. The molecule has 2 aliphatic rings. The molecule has 1 fully saturated rings. The van der Waals surface area contributed by atoms with Crippen molar-refractivity contribution in [3.63, 3.8) is 0 Å². The van der Waals surface area contributed by atoms with Gasteiger partial charge in [-0.1, -0.05) is 79.1 Å². The lowest BCUT2D eigenvalue weighted by Gasteiger charge is -2.22. The smallest absolute Gasteiger partial charge is 0.119 e. The number of hydrogen-bond acceptors (Lipinski definition) is 3. The van der Waals surface area contributed by atoms with Crippen LogP contribution < -0.4 is 4.74 Å². The van der Waals surface area contributed by atoms with Gasteiger partial charge >= 0.3 is 0 Å². The number of fused-ring (bicyclic) bond motifs is 1. The minimum atomic E-state index is 0.474. The van der Waals surface area contributed by atoms with Crippen LogP contribution in [0.2, 0.25) is 0 Å². The van der Waals surface area contributed by atoms with Crippen molar-refractivity contribution in [1.82, 2.24) is 4.57 Å². The molecule has 4 heteroatoms. The predicted molar refractivity (Wildman–Crippen MR) is 165 cm³/mol. The number of aliphatic imine (C=N–C) groups is 1. The van der Waals surface area contributed by atoms with Gasteiger partial charge in [-0.05, 0) is 86.2 Å². The van der Waals surface area contributed by atoms with Gasteiger partial charge in [-0.3, -0.25) is 4.99 Å². The molecule has 3 nitrogen and oxygen atoms in total. The van der Waals surface area contributed by atoms with Gasteiger partial charge in [0.25, 0.3) is 0 Å². The highest BCUT2D eigenvalue weighted by Crippen LogP contribution is 2.46. The number of benzene rings is 3. The number of hydrogen-bond donors (Lipinski definition) is 0. The summed E-state index contributed by atoms with van der Waals surface area (Å²) in [5.74, 6) is 0.873. The van der Waals surface area contributed by atoms with E-state index in [0.717, 1.165) is 24.3 Å². The van der Waals surface area contributed by atoms with Crippen LogP contribution in [-0.4, -0.2) is 23.9 Å². The van der Waals surface area contributed by atoms with Crippen molar-refractivity contribution in [3.8, 4) is 22.7 Å². The topological polar surface area (TPSA) is 26.5 Å².